The normalized spacial score (nSPS) is 16.9. The van der Waals surface area contributed by atoms with Crippen LogP contribution in [0.15, 0.2) is 18.2 Å². The fourth-order valence-electron chi connectivity index (χ4n) is 1.59. The number of halogens is 1. The lowest BCUT2D eigenvalue weighted by molar-refractivity contribution is 0.0907. The molecule has 0 aromatic heterocycles. The Labute approximate surface area is 99.4 Å². The lowest BCUT2D eigenvalue weighted by Gasteiger charge is -2.14. The van der Waals surface area contributed by atoms with Crippen LogP contribution in [0.3, 0.4) is 0 Å². The lowest BCUT2D eigenvalue weighted by Crippen LogP contribution is -2.39. The van der Waals surface area contributed by atoms with Crippen molar-refractivity contribution in [2.24, 2.45) is 0 Å². The van der Waals surface area contributed by atoms with Crippen molar-refractivity contribution in [2.75, 3.05) is 6.61 Å². The van der Waals surface area contributed by atoms with Gasteiger partial charge in [0.25, 0.3) is 5.91 Å². The molecule has 0 atom stereocenters. The fourth-order valence-corrected chi connectivity index (χ4v) is 1.91. The molecule has 1 saturated carbocycles. The summed E-state index contributed by atoms with van der Waals surface area (Å²) in [6.07, 6.45) is 1.66. The van der Waals surface area contributed by atoms with E-state index >= 15 is 0 Å². The van der Waals surface area contributed by atoms with Crippen LogP contribution in [0.4, 0.5) is 0 Å². The Morgan fingerprint density at radius 3 is 2.75 bits per heavy atom. The van der Waals surface area contributed by atoms with E-state index in [2.05, 4.69) is 5.32 Å². The number of aryl methyl sites for hydroxylation is 1. The molecule has 16 heavy (non-hydrogen) atoms. The highest BCUT2D eigenvalue weighted by atomic mass is 35.5. The van der Waals surface area contributed by atoms with E-state index in [0.29, 0.717) is 10.6 Å². The maximum Gasteiger partial charge on any atom is 0.253 e. The van der Waals surface area contributed by atoms with E-state index in [1.807, 2.05) is 13.0 Å². The van der Waals surface area contributed by atoms with Gasteiger partial charge in [-0.15, -0.1) is 0 Å². The highest BCUT2D eigenvalue weighted by molar-refractivity contribution is 6.33. The van der Waals surface area contributed by atoms with Gasteiger partial charge in [0.1, 0.15) is 0 Å². The standard InChI is InChI=1S/C12H14ClNO2/c1-8-2-3-9(10(13)6-8)11(16)14-12(7-15)4-5-12/h2-3,6,15H,4-5,7H2,1H3,(H,14,16). The van der Waals surface area contributed by atoms with Gasteiger partial charge < -0.3 is 10.4 Å². The molecule has 0 bridgehead atoms. The third-order valence-corrected chi connectivity index (χ3v) is 3.22. The van der Waals surface area contributed by atoms with Crippen molar-refractivity contribution in [1.29, 1.82) is 0 Å². The van der Waals surface area contributed by atoms with Crippen LogP contribution in [-0.2, 0) is 0 Å². The average molecular weight is 240 g/mol. The number of benzene rings is 1. The molecule has 0 heterocycles. The monoisotopic (exact) mass is 239 g/mol. The molecule has 1 aromatic carbocycles. The SMILES string of the molecule is Cc1ccc(C(=O)NC2(CO)CC2)c(Cl)c1. The molecule has 1 amide bonds. The number of carbonyl (C=O) groups is 1. The largest absolute Gasteiger partial charge is 0.394 e. The molecule has 0 saturated heterocycles. The van der Waals surface area contributed by atoms with E-state index < -0.39 is 5.54 Å². The molecule has 1 aliphatic carbocycles. The number of hydrogen-bond donors (Lipinski definition) is 2. The molecule has 0 aliphatic heterocycles. The van der Waals surface area contributed by atoms with Crippen LogP contribution in [-0.4, -0.2) is 23.2 Å². The summed E-state index contributed by atoms with van der Waals surface area (Å²) in [4.78, 5) is 11.9. The van der Waals surface area contributed by atoms with Crippen LogP contribution in [0.1, 0.15) is 28.8 Å². The van der Waals surface area contributed by atoms with Crippen molar-refractivity contribution in [3.63, 3.8) is 0 Å². The summed E-state index contributed by atoms with van der Waals surface area (Å²) in [7, 11) is 0. The third-order valence-electron chi connectivity index (χ3n) is 2.90. The Morgan fingerprint density at radius 2 is 2.25 bits per heavy atom. The maximum atomic E-state index is 11.9. The molecule has 86 valence electrons. The predicted molar refractivity (Wildman–Crippen MR) is 62.7 cm³/mol. The van der Waals surface area contributed by atoms with E-state index in [9.17, 15) is 4.79 Å². The second-order valence-corrected chi connectivity index (χ2v) is 4.78. The first-order chi connectivity index (χ1) is 7.56. The van der Waals surface area contributed by atoms with Crippen LogP contribution < -0.4 is 5.32 Å². The molecular weight excluding hydrogens is 226 g/mol. The summed E-state index contributed by atoms with van der Waals surface area (Å²) in [5.41, 5.74) is 1.09. The van der Waals surface area contributed by atoms with E-state index in [1.54, 1.807) is 12.1 Å². The third kappa shape index (κ3) is 2.20. The van der Waals surface area contributed by atoms with Crippen molar-refractivity contribution in [2.45, 2.75) is 25.3 Å². The van der Waals surface area contributed by atoms with E-state index in [-0.39, 0.29) is 12.5 Å². The van der Waals surface area contributed by atoms with Gasteiger partial charge in [-0.05, 0) is 37.5 Å². The molecule has 0 spiro atoms. The average Bonchev–Trinajstić information content (AvgIpc) is 2.98. The van der Waals surface area contributed by atoms with Gasteiger partial charge in [0.15, 0.2) is 0 Å². The Morgan fingerprint density at radius 1 is 1.56 bits per heavy atom. The number of carbonyl (C=O) groups excluding carboxylic acids is 1. The Bertz CT molecular complexity index is 427. The zero-order valence-corrected chi connectivity index (χ0v) is 9.84. The summed E-state index contributed by atoms with van der Waals surface area (Å²) < 4.78 is 0. The van der Waals surface area contributed by atoms with E-state index in [1.165, 1.54) is 0 Å². The van der Waals surface area contributed by atoms with Crippen molar-refractivity contribution < 1.29 is 9.90 Å². The van der Waals surface area contributed by atoms with Crippen LogP contribution in [0.5, 0.6) is 0 Å². The molecule has 0 radical (unpaired) electrons. The van der Waals surface area contributed by atoms with Crippen LogP contribution in [0, 0.1) is 6.92 Å². The quantitative estimate of drug-likeness (QED) is 0.847. The zero-order valence-electron chi connectivity index (χ0n) is 9.09. The number of rotatable bonds is 3. The van der Waals surface area contributed by atoms with E-state index in [4.69, 9.17) is 16.7 Å². The summed E-state index contributed by atoms with van der Waals surface area (Å²) >= 11 is 5.99. The second kappa shape index (κ2) is 4.07. The predicted octanol–water partition coefficient (Wildman–Crippen LogP) is 1.90. The smallest absolute Gasteiger partial charge is 0.253 e. The first-order valence-corrected chi connectivity index (χ1v) is 5.64. The Hall–Kier alpha value is -1.06. The fraction of sp³-hybridized carbons (Fsp3) is 0.417. The molecule has 0 unspecified atom stereocenters. The molecule has 3 nitrogen and oxygen atoms in total. The second-order valence-electron chi connectivity index (χ2n) is 4.38. The first kappa shape index (κ1) is 11.4. The lowest BCUT2D eigenvalue weighted by atomic mass is 10.1. The number of aliphatic hydroxyl groups is 1. The van der Waals surface area contributed by atoms with Crippen LogP contribution in [0.2, 0.25) is 5.02 Å². The molecule has 1 aliphatic rings. The van der Waals surface area contributed by atoms with Gasteiger partial charge in [-0.3, -0.25) is 4.79 Å². The molecule has 1 fully saturated rings. The van der Waals surface area contributed by atoms with Crippen molar-refractivity contribution in [3.8, 4) is 0 Å². The number of aliphatic hydroxyl groups excluding tert-OH is 1. The van der Waals surface area contributed by atoms with Gasteiger partial charge in [0, 0.05) is 0 Å². The number of nitrogens with one attached hydrogen (secondary N) is 1. The minimum atomic E-state index is -0.398. The van der Waals surface area contributed by atoms with Gasteiger partial charge in [-0.1, -0.05) is 17.7 Å². The van der Waals surface area contributed by atoms with Gasteiger partial charge in [-0.25, -0.2) is 0 Å². The zero-order chi connectivity index (χ0) is 11.8. The Kier molecular flexibility index (Phi) is 2.91. The van der Waals surface area contributed by atoms with Crippen LogP contribution in [0.25, 0.3) is 0 Å². The summed E-state index contributed by atoms with van der Waals surface area (Å²) in [5.74, 6) is -0.212. The minimum Gasteiger partial charge on any atom is -0.394 e. The summed E-state index contributed by atoms with van der Waals surface area (Å²) in [6, 6.07) is 5.31. The minimum absolute atomic E-state index is 0.0117. The van der Waals surface area contributed by atoms with Crippen LogP contribution >= 0.6 is 11.6 Å². The van der Waals surface area contributed by atoms with Gasteiger partial charge in [0.2, 0.25) is 0 Å². The Balaban J connectivity index is 2.15. The molecule has 1 aromatic rings. The number of amides is 1. The highest BCUT2D eigenvalue weighted by Gasteiger charge is 2.43. The molecular formula is C12H14ClNO2. The topological polar surface area (TPSA) is 49.3 Å². The van der Waals surface area contributed by atoms with Crippen molar-refractivity contribution >= 4 is 17.5 Å². The molecule has 4 heteroatoms. The summed E-state index contributed by atoms with van der Waals surface area (Å²) in [5, 5.41) is 12.4. The maximum absolute atomic E-state index is 11.9. The van der Waals surface area contributed by atoms with E-state index in [0.717, 1.165) is 18.4 Å². The number of hydrogen-bond acceptors (Lipinski definition) is 2. The molecule has 2 N–H and O–H groups in total. The summed E-state index contributed by atoms with van der Waals surface area (Å²) in [6.45, 7) is 1.91. The first-order valence-electron chi connectivity index (χ1n) is 5.26. The van der Waals surface area contributed by atoms with Crippen molar-refractivity contribution in [3.05, 3.63) is 34.3 Å². The van der Waals surface area contributed by atoms with Gasteiger partial charge in [-0.2, -0.15) is 0 Å². The van der Waals surface area contributed by atoms with Crippen molar-refractivity contribution in [1.82, 2.24) is 5.32 Å². The van der Waals surface area contributed by atoms with Gasteiger partial charge >= 0.3 is 0 Å². The van der Waals surface area contributed by atoms with Gasteiger partial charge in [0.05, 0.1) is 22.7 Å². The molecule has 2 rings (SSSR count). The highest BCUT2D eigenvalue weighted by Crippen LogP contribution is 2.35.